The molecule has 0 bridgehead atoms. The molecule has 1 aromatic rings. The molecular formula is C24H38N7O5-. The summed E-state index contributed by atoms with van der Waals surface area (Å²) < 4.78 is 1.20. The molecule has 0 saturated carbocycles. The van der Waals surface area contributed by atoms with E-state index in [1.165, 1.54) is 17.7 Å². The number of hydrogen-bond acceptors (Lipinski definition) is 8. The summed E-state index contributed by atoms with van der Waals surface area (Å²) in [5.41, 5.74) is -0.432. The average Bonchev–Trinajstić information content (AvgIpc) is 2.82. The van der Waals surface area contributed by atoms with Crippen LogP contribution in [-0.2, 0) is 20.8 Å². The molecule has 0 fully saturated rings. The molecule has 2 unspecified atom stereocenters. The van der Waals surface area contributed by atoms with Gasteiger partial charge in [-0.15, -0.1) is 5.71 Å². The summed E-state index contributed by atoms with van der Waals surface area (Å²) in [6, 6.07) is -2.26. The first-order valence-corrected chi connectivity index (χ1v) is 12.1. The number of likely N-dealkylation sites (N-methyl/N-ethyl adjacent to an activating group) is 1. The molecule has 12 heteroatoms. The summed E-state index contributed by atoms with van der Waals surface area (Å²) in [7, 11) is 1.76. The van der Waals surface area contributed by atoms with E-state index in [-0.39, 0.29) is 36.8 Å². The lowest BCUT2D eigenvalue weighted by atomic mass is 10.1. The van der Waals surface area contributed by atoms with E-state index in [1.54, 1.807) is 18.9 Å². The number of ketones is 1. The number of carboxylic acid groups (broad SMARTS) is 1. The van der Waals surface area contributed by atoms with Gasteiger partial charge in [-0.2, -0.15) is 0 Å². The van der Waals surface area contributed by atoms with Crippen LogP contribution in [0, 0.1) is 5.41 Å². The number of carboxylic acids is 1. The zero-order valence-electron chi connectivity index (χ0n) is 21.8. The molecule has 12 nitrogen and oxygen atoms in total. The van der Waals surface area contributed by atoms with Crippen LogP contribution in [0.1, 0.15) is 65.1 Å². The van der Waals surface area contributed by atoms with Crippen LogP contribution >= 0.6 is 0 Å². The van der Waals surface area contributed by atoms with Crippen molar-refractivity contribution in [3.63, 3.8) is 0 Å². The monoisotopic (exact) mass is 504 g/mol. The number of aromatic nitrogens is 2. The predicted octanol–water partition coefficient (Wildman–Crippen LogP) is 1.48. The van der Waals surface area contributed by atoms with E-state index >= 15 is 0 Å². The fourth-order valence-corrected chi connectivity index (χ4v) is 3.46. The highest BCUT2D eigenvalue weighted by molar-refractivity contribution is 6.42. The number of Topliss-reactive ketones (excluding diaryl/α,β-unsaturated/α-hetero) is 1. The minimum absolute atomic E-state index is 0.00922. The minimum Gasteiger partial charge on any atom is -0.805 e. The van der Waals surface area contributed by atoms with Gasteiger partial charge in [0.15, 0.2) is 11.6 Å². The number of unbranched alkanes of at least 4 members (excludes halogenated alkanes) is 1. The van der Waals surface area contributed by atoms with Crippen molar-refractivity contribution in [3.05, 3.63) is 27.7 Å². The van der Waals surface area contributed by atoms with Gasteiger partial charge in [0.05, 0.1) is 24.7 Å². The topological polar surface area (TPSA) is 180 Å². The smallest absolute Gasteiger partial charge is 0.305 e. The molecule has 1 amide bonds. The zero-order valence-corrected chi connectivity index (χ0v) is 21.8. The molecule has 36 heavy (non-hydrogen) atoms. The van der Waals surface area contributed by atoms with Gasteiger partial charge < -0.3 is 26.6 Å². The molecular weight excluding hydrogens is 466 g/mol. The van der Waals surface area contributed by atoms with Gasteiger partial charge in [0.2, 0.25) is 5.91 Å². The highest BCUT2D eigenvalue weighted by Crippen LogP contribution is 2.13. The number of rotatable bonds is 17. The van der Waals surface area contributed by atoms with Crippen molar-refractivity contribution in [2.24, 2.45) is 0 Å². The molecule has 0 radical (unpaired) electrons. The first-order chi connectivity index (χ1) is 16.9. The number of carbonyl (C=O) groups is 3. The van der Waals surface area contributed by atoms with Crippen LogP contribution in [0.2, 0.25) is 0 Å². The van der Waals surface area contributed by atoms with Crippen LogP contribution in [0.5, 0.6) is 0 Å². The largest absolute Gasteiger partial charge is 0.805 e. The molecule has 4 N–H and O–H groups in total. The molecule has 0 spiro atoms. The average molecular weight is 505 g/mol. The maximum atomic E-state index is 13.2. The summed E-state index contributed by atoms with van der Waals surface area (Å²) in [5.74, 6) is -2.40. The molecule has 200 valence electrons. The first-order valence-electron chi connectivity index (χ1n) is 12.1. The third-order valence-corrected chi connectivity index (χ3v) is 5.63. The normalized spacial score (nSPS) is 12.6. The highest BCUT2D eigenvalue weighted by atomic mass is 16.4. The Hall–Kier alpha value is -3.41. The van der Waals surface area contributed by atoms with Crippen LogP contribution in [0.25, 0.3) is 5.41 Å². The number of anilines is 1. The second-order valence-electron chi connectivity index (χ2n) is 8.71. The SMILES string of the molecule is CCCCN(C)CC(=O)C(CC(=O)O)NC(=O)C(CC)n1cc(CC)nc(NCC(=[N-])C(C)=N)c1=O. The lowest BCUT2D eigenvalue weighted by Crippen LogP contribution is -2.49. The van der Waals surface area contributed by atoms with E-state index in [9.17, 15) is 29.7 Å². The van der Waals surface area contributed by atoms with E-state index < -0.39 is 41.7 Å². The number of carbonyl (C=O) groups excluding carboxylic acids is 2. The van der Waals surface area contributed by atoms with Crippen LogP contribution in [-0.4, -0.2) is 81.4 Å². The molecule has 0 saturated heterocycles. The fraction of sp³-hybridized carbons (Fsp3) is 0.625. The van der Waals surface area contributed by atoms with E-state index in [0.717, 1.165) is 12.8 Å². The Morgan fingerprint density at radius 1 is 1.28 bits per heavy atom. The van der Waals surface area contributed by atoms with Crippen molar-refractivity contribution in [1.29, 1.82) is 5.41 Å². The molecule has 1 rings (SSSR count). The standard InChI is InChI=1S/C24H38N7O5/c1-6-9-10-30(5)14-20(32)18(11-21(33)34)29-23(35)19(8-3)31-13-16(7-2)28-22(24(31)36)27-12-17(26)15(4)25/h13,18-19,25H,6-12,14H2,1-5H3,(H,27,28)(H,29,35)(H,33,34)/q-1. The lowest BCUT2D eigenvalue weighted by molar-refractivity contribution is -0.140. The third-order valence-electron chi connectivity index (χ3n) is 5.63. The summed E-state index contributed by atoms with van der Waals surface area (Å²) >= 11 is 0. The Morgan fingerprint density at radius 3 is 2.47 bits per heavy atom. The van der Waals surface area contributed by atoms with Crippen LogP contribution in [0.3, 0.4) is 0 Å². The third kappa shape index (κ3) is 9.33. The second kappa shape index (κ2) is 14.9. The van der Waals surface area contributed by atoms with Gasteiger partial charge in [0.1, 0.15) is 6.04 Å². The van der Waals surface area contributed by atoms with Gasteiger partial charge in [-0.3, -0.25) is 28.6 Å². The molecule has 0 aliphatic heterocycles. The van der Waals surface area contributed by atoms with Crippen molar-refractivity contribution in [2.45, 2.75) is 71.9 Å². The van der Waals surface area contributed by atoms with E-state index in [4.69, 9.17) is 5.41 Å². The van der Waals surface area contributed by atoms with E-state index in [2.05, 4.69) is 15.6 Å². The van der Waals surface area contributed by atoms with Crippen molar-refractivity contribution in [2.75, 3.05) is 32.0 Å². The highest BCUT2D eigenvalue weighted by Gasteiger charge is 2.29. The first kappa shape index (κ1) is 30.6. The molecule has 1 heterocycles. The van der Waals surface area contributed by atoms with E-state index in [0.29, 0.717) is 18.7 Å². The maximum absolute atomic E-state index is 13.2. The number of hydrogen-bond donors (Lipinski definition) is 4. The van der Waals surface area contributed by atoms with Crippen LogP contribution < -0.4 is 16.2 Å². The molecule has 2 atom stereocenters. The van der Waals surface area contributed by atoms with Gasteiger partial charge >= 0.3 is 5.97 Å². The summed E-state index contributed by atoms with van der Waals surface area (Å²) in [5, 5.41) is 31.8. The van der Waals surface area contributed by atoms with Crippen molar-refractivity contribution < 1.29 is 19.5 Å². The van der Waals surface area contributed by atoms with Crippen molar-refractivity contribution in [1.82, 2.24) is 19.8 Å². The van der Waals surface area contributed by atoms with Gasteiger partial charge in [0.25, 0.3) is 5.56 Å². The number of aliphatic carboxylic acids is 1. The molecule has 0 aliphatic rings. The second-order valence-corrected chi connectivity index (χ2v) is 8.71. The van der Waals surface area contributed by atoms with Crippen molar-refractivity contribution in [3.8, 4) is 0 Å². The Bertz CT molecular complexity index is 1020. The minimum atomic E-state index is -1.24. The Morgan fingerprint density at radius 2 is 1.94 bits per heavy atom. The van der Waals surface area contributed by atoms with Crippen LogP contribution in [0.4, 0.5) is 5.82 Å². The van der Waals surface area contributed by atoms with E-state index in [1.807, 2.05) is 13.8 Å². The molecule has 1 aromatic heterocycles. The van der Waals surface area contributed by atoms with Gasteiger partial charge in [-0.05, 0) is 39.8 Å². The zero-order chi connectivity index (χ0) is 27.4. The van der Waals surface area contributed by atoms with Crippen molar-refractivity contribution >= 4 is 34.9 Å². The van der Waals surface area contributed by atoms with Crippen LogP contribution in [0.15, 0.2) is 11.0 Å². The number of nitrogens with zero attached hydrogens (tertiary/aromatic N) is 4. The summed E-state index contributed by atoms with van der Waals surface area (Å²) in [6.07, 6.45) is 3.37. The Balaban J connectivity index is 3.21. The maximum Gasteiger partial charge on any atom is 0.305 e. The molecule has 0 aliphatic carbocycles. The van der Waals surface area contributed by atoms with Gasteiger partial charge in [-0.25, -0.2) is 4.98 Å². The predicted molar refractivity (Wildman–Crippen MR) is 139 cm³/mol. The number of amides is 1. The summed E-state index contributed by atoms with van der Waals surface area (Å²) in [6.45, 7) is 7.42. The number of nitrogens with one attached hydrogen (secondary N) is 3. The van der Waals surface area contributed by atoms with Gasteiger partial charge in [-0.1, -0.05) is 27.2 Å². The lowest BCUT2D eigenvalue weighted by Gasteiger charge is -2.24. The Kier molecular flexibility index (Phi) is 12.6. The molecule has 0 aromatic carbocycles. The van der Waals surface area contributed by atoms with Gasteiger partial charge in [0, 0.05) is 18.5 Å². The fourth-order valence-electron chi connectivity index (χ4n) is 3.46. The summed E-state index contributed by atoms with van der Waals surface area (Å²) in [4.78, 5) is 56.5. The quantitative estimate of drug-likeness (QED) is 0.230. The Labute approximate surface area is 211 Å². The number of aryl methyl sites for hydroxylation is 1.